The van der Waals surface area contributed by atoms with Gasteiger partial charge in [-0.25, -0.2) is 9.37 Å². The van der Waals surface area contributed by atoms with Gasteiger partial charge >= 0.3 is 0 Å². The summed E-state index contributed by atoms with van der Waals surface area (Å²) in [5.74, 6) is 5.34. The van der Waals surface area contributed by atoms with Gasteiger partial charge in [-0.3, -0.25) is 11.3 Å². The smallest absolute Gasteiger partial charge is 0.123 e. The van der Waals surface area contributed by atoms with Crippen molar-refractivity contribution in [3.63, 3.8) is 0 Å². The van der Waals surface area contributed by atoms with Crippen LogP contribution in [0.3, 0.4) is 0 Å². The highest BCUT2D eigenvalue weighted by Gasteiger charge is 2.15. The van der Waals surface area contributed by atoms with Gasteiger partial charge in [0.2, 0.25) is 0 Å². The van der Waals surface area contributed by atoms with Gasteiger partial charge in [-0.2, -0.15) is 0 Å². The van der Waals surface area contributed by atoms with Crippen molar-refractivity contribution in [2.75, 3.05) is 0 Å². The standard InChI is InChI=1S/C12H14FN3S/c1-8-12(17-7-15-8)11(16-14)6-9-2-4-10(13)5-3-9/h2-5,7,11,16H,6,14H2,1H3. The van der Waals surface area contributed by atoms with Crippen molar-refractivity contribution in [2.24, 2.45) is 5.84 Å². The lowest BCUT2D eigenvalue weighted by molar-refractivity contribution is 0.556. The zero-order valence-corrected chi connectivity index (χ0v) is 10.3. The number of aryl methyl sites for hydroxylation is 1. The summed E-state index contributed by atoms with van der Waals surface area (Å²) in [7, 11) is 0. The van der Waals surface area contributed by atoms with Crippen LogP contribution in [0.15, 0.2) is 29.8 Å². The molecule has 0 aliphatic carbocycles. The second-order valence-electron chi connectivity index (χ2n) is 3.85. The summed E-state index contributed by atoms with van der Waals surface area (Å²) in [6.07, 6.45) is 0.722. The maximum absolute atomic E-state index is 12.8. The third-order valence-corrected chi connectivity index (χ3v) is 3.70. The summed E-state index contributed by atoms with van der Waals surface area (Å²) in [6.45, 7) is 1.96. The first-order valence-electron chi connectivity index (χ1n) is 5.31. The van der Waals surface area contributed by atoms with Gasteiger partial charge in [0.25, 0.3) is 0 Å². The zero-order valence-electron chi connectivity index (χ0n) is 9.48. The van der Waals surface area contributed by atoms with E-state index >= 15 is 0 Å². The summed E-state index contributed by atoms with van der Waals surface area (Å²) in [4.78, 5) is 5.33. The van der Waals surface area contributed by atoms with Gasteiger partial charge in [0.05, 0.1) is 17.2 Å². The molecule has 1 aromatic carbocycles. The Balaban J connectivity index is 2.16. The first kappa shape index (κ1) is 12.2. The van der Waals surface area contributed by atoms with Crippen molar-refractivity contribution in [1.82, 2.24) is 10.4 Å². The van der Waals surface area contributed by atoms with E-state index in [1.54, 1.807) is 29.0 Å². The fourth-order valence-corrected chi connectivity index (χ4v) is 2.59. The van der Waals surface area contributed by atoms with Crippen LogP contribution in [0.25, 0.3) is 0 Å². The van der Waals surface area contributed by atoms with Crippen LogP contribution in [0.4, 0.5) is 4.39 Å². The second-order valence-corrected chi connectivity index (χ2v) is 4.74. The molecule has 3 nitrogen and oxygen atoms in total. The maximum Gasteiger partial charge on any atom is 0.123 e. The molecular weight excluding hydrogens is 237 g/mol. The van der Waals surface area contributed by atoms with Gasteiger partial charge in [-0.1, -0.05) is 12.1 Å². The van der Waals surface area contributed by atoms with Crippen LogP contribution in [-0.2, 0) is 6.42 Å². The molecule has 17 heavy (non-hydrogen) atoms. The molecule has 3 N–H and O–H groups in total. The molecular formula is C12H14FN3S. The minimum Gasteiger partial charge on any atom is -0.271 e. The van der Waals surface area contributed by atoms with E-state index in [1.807, 2.05) is 6.92 Å². The van der Waals surface area contributed by atoms with Crippen LogP contribution in [0.2, 0.25) is 0 Å². The van der Waals surface area contributed by atoms with Crippen LogP contribution in [0, 0.1) is 12.7 Å². The molecule has 0 aliphatic rings. The lowest BCUT2D eigenvalue weighted by Crippen LogP contribution is -2.29. The quantitative estimate of drug-likeness (QED) is 0.648. The number of hydrogen-bond acceptors (Lipinski definition) is 4. The van der Waals surface area contributed by atoms with E-state index in [2.05, 4.69) is 10.4 Å². The fraction of sp³-hybridized carbons (Fsp3) is 0.250. The normalized spacial score (nSPS) is 12.6. The highest BCUT2D eigenvalue weighted by Crippen LogP contribution is 2.24. The Labute approximate surface area is 103 Å². The molecule has 1 atom stereocenters. The Morgan fingerprint density at radius 1 is 1.41 bits per heavy atom. The molecule has 0 aliphatic heterocycles. The first-order chi connectivity index (χ1) is 8.20. The van der Waals surface area contributed by atoms with E-state index < -0.39 is 0 Å². The number of hydrazine groups is 1. The molecule has 1 aromatic heterocycles. The van der Waals surface area contributed by atoms with Crippen LogP contribution >= 0.6 is 11.3 Å². The van der Waals surface area contributed by atoms with E-state index in [1.165, 1.54) is 12.1 Å². The van der Waals surface area contributed by atoms with Gasteiger partial charge < -0.3 is 0 Å². The van der Waals surface area contributed by atoms with E-state index in [0.29, 0.717) is 0 Å². The largest absolute Gasteiger partial charge is 0.271 e. The molecule has 0 saturated heterocycles. The van der Waals surface area contributed by atoms with Crippen LogP contribution < -0.4 is 11.3 Å². The van der Waals surface area contributed by atoms with Gasteiger partial charge in [0, 0.05) is 4.88 Å². The maximum atomic E-state index is 12.8. The molecule has 0 bridgehead atoms. The Kier molecular flexibility index (Phi) is 3.83. The molecule has 1 heterocycles. The molecule has 90 valence electrons. The molecule has 0 radical (unpaired) electrons. The van der Waals surface area contributed by atoms with Gasteiger partial charge in [0.1, 0.15) is 5.82 Å². The monoisotopic (exact) mass is 251 g/mol. The number of benzene rings is 1. The summed E-state index contributed by atoms with van der Waals surface area (Å²) in [5.41, 5.74) is 6.62. The first-order valence-corrected chi connectivity index (χ1v) is 6.19. The molecule has 2 aromatic rings. The lowest BCUT2D eigenvalue weighted by Gasteiger charge is -2.14. The zero-order chi connectivity index (χ0) is 12.3. The van der Waals surface area contributed by atoms with E-state index in [0.717, 1.165) is 22.6 Å². The molecule has 2 rings (SSSR count). The van der Waals surface area contributed by atoms with Gasteiger partial charge in [0.15, 0.2) is 0 Å². The van der Waals surface area contributed by atoms with Crippen molar-refractivity contribution >= 4 is 11.3 Å². The summed E-state index contributed by atoms with van der Waals surface area (Å²) >= 11 is 1.58. The molecule has 0 spiro atoms. The molecule has 0 amide bonds. The topological polar surface area (TPSA) is 50.9 Å². The predicted octanol–water partition coefficient (Wildman–Crippen LogP) is 2.34. The van der Waals surface area contributed by atoms with E-state index in [4.69, 9.17) is 5.84 Å². The minimum absolute atomic E-state index is 0.0213. The second kappa shape index (κ2) is 5.35. The van der Waals surface area contributed by atoms with Crippen LogP contribution in [0.1, 0.15) is 22.2 Å². The number of nitrogens with one attached hydrogen (secondary N) is 1. The third kappa shape index (κ3) is 2.88. The summed E-state index contributed by atoms with van der Waals surface area (Å²) in [5, 5.41) is 0. The number of nitrogens with two attached hydrogens (primary N) is 1. The Morgan fingerprint density at radius 3 is 2.65 bits per heavy atom. The van der Waals surface area contributed by atoms with Crippen LogP contribution in [0.5, 0.6) is 0 Å². The van der Waals surface area contributed by atoms with Crippen molar-refractivity contribution in [2.45, 2.75) is 19.4 Å². The summed E-state index contributed by atoms with van der Waals surface area (Å²) in [6, 6.07) is 6.49. The van der Waals surface area contributed by atoms with E-state index in [-0.39, 0.29) is 11.9 Å². The number of hydrogen-bond donors (Lipinski definition) is 2. The SMILES string of the molecule is Cc1ncsc1C(Cc1ccc(F)cc1)NN. The number of thiazole rings is 1. The summed E-state index contributed by atoms with van der Waals surface area (Å²) < 4.78 is 12.8. The van der Waals surface area contributed by atoms with Gasteiger partial charge in [-0.15, -0.1) is 11.3 Å². The van der Waals surface area contributed by atoms with Crippen molar-refractivity contribution in [1.29, 1.82) is 0 Å². The number of nitrogens with zero attached hydrogens (tertiary/aromatic N) is 1. The molecule has 0 fully saturated rings. The number of aromatic nitrogens is 1. The van der Waals surface area contributed by atoms with Crippen molar-refractivity contribution in [3.05, 3.63) is 51.7 Å². The number of rotatable bonds is 4. The Bertz CT molecular complexity index is 481. The molecule has 1 unspecified atom stereocenters. The highest BCUT2D eigenvalue weighted by atomic mass is 32.1. The Hall–Kier alpha value is -1.30. The Morgan fingerprint density at radius 2 is 2.12 bits per heavy atom. The average molecular weight is 251 g/mol. The van der Waals surface area contributed by atoms with Crippen molar-refractivity contribution < 1.29 is 4.39 Å². The molecule has 5 heteroatoms. The lowest BCUT2D eigenvalue weighted by atomic mass is 10.0. The predicted molar refractivity (Wildman–Crippen MR) is 67.0 cm³/mol. The number of halogens is 1. The third-order valence-electron chi connectivity index (χ3n) is 2.65. The molecule has 0 saturated carbocycles. The minimum atomic E-state index is -0.222. The van der Waals surface area contributed by atoms with Gasteiger partial charge in [-0.05, 0) is 31.0 Å². The highest BCUT2D eigenvalue weighted by molar-refractivity contribution is 7.09. The van der Waals surface area contributed by atoms with Crippen molar-refractivity contribution in [3.8, 4) is 0 Å². The van der Waals surface area contributed by atoms with E-state index in [9.17, 15) is 4.39 Å². The average Bonchev–Trinajstić information content (AvgIpc) is 2.75. The van der Waals surface area contributed by atoms with Crippen LogP contribution in [-0.4, -0.2) is 4.98 Å². The fourth-order valence-electron chi connectivity index (χ4n) is 1.73.